The summed E-state index contributed by atoms with van der Waals surface area (Å²) in [7, 11) is 0. The number of alkyl halides is 2. The van der Waals surface area contributed by atoms with Gasteiger partial charge in [-0.3, -0.25) is 4.99 Å². The van der Waals surface area contributed by atoms with Crippen LogP contribution in [0.25, 0.3) is 11.0 Å². The van der Waals surface area contributed by atoms with Gasteiger partial charge in [-0.1, -0.05) is 11.8 Å². The number of ether oxygens (including phenoxy) is 1. The molecule has 198 valence electrons. The minimum Gasteiger partial charge on any atom is -0.482 e. The van der Waals surface area contributed by atoms with Crippen molar-refractivity contribution < 1.29 is 26.7 Å². The number of aromatic nitrogens is 4. The van der Waals surface area contributed by atoms with Gasteiger partial charge in [-0.15, -0.1) is 0 Å². The molecule has 0 amide bonds. The van der Waals surface area contributed by atoms with E-state index in [1.807, 2.05) is 0 Å². The van der Waals surface area contributed by atoms with Crippen LogP contribution in [-0.4, -0.2) is 36.3 Å². The van der Waals surface area contributed by atoms with Crippen LogP contribution in [0.5, 0.6) is 5.75 Å². The van der Waals surface area contributed by atoms with Crippen LogP contribution in [0.3, 0.4) is 0 Å². The van der Waals surface area contributed by atoms with Gasteiger partial charge in [-0.2, -0.15) is 0 Å². The summed E-state index contributed by atoms with van der Waals surface area (Å²) in [4.78, 5) is 20.9. The zero-order chi connectivity index (χ0) is 27.1. The second kappa shape index (κ2) is 9.74. The van der Waals surface area contributed by atoms with Crippen LogP contribution in [0.1, 0.15) is 31.7 Å². The smallest absolute Gasteiger partial charge is 0.253 e. The van der Waals surface area contributed by atoms with E-state index in [2.05, 4.69) is 30.2 Å². The number of oxazole rings is 1. The molecule has 3 N–H and O–H groups in total. The molecule has 1 aliphatic heterocycles. The van der Waals surface area contributed by atoms with Crippen LogP contribution in [0.2, 0.25) is 0 Å². The molecule has 9 nitrogen and oxygen atoms in total. The topological polar surface area (TPSA) is 124 Å². The van der Waals surface area contributed by atoms with E-state index in [1.165, 1.54) is 44.9 Å². The summed E-state index contributed by atoms with van der Waals surface area (Å²) in [6, 6.07) is 3.86. The Labute approximate surface area is 217 Å². The van der Waals surface area contributed by atoms with E-state index in [1.54, 1.807) is 6.07 Å². The molecule has 0 aliphatic carbocycles. The maximum atomic E-state index is 15.0. The van der Waals surface area contributed by atoms with Crippen molar-refractivity contribution in [1.82, 2.24) is 19.9 Å². The second-order valence-corrected chi connectivity index (χ2v) is 10.6. The Morgan fingerprint density at radius 3 is 2.71 bits per heavy atom. The van der Waals surface area contributed by atoms with Crippen molar-refractivity contribution in [3.05, 3.63) is 66.3 Å². The molecule has 2 atom stereocenters. The largest absolute Gasteiger partial charge is 0.482 e. The van der Waals surface area contributed by atoms with Crippen molar-refractivity contribution in [1.29, 1.82) is 0 Å². The summed E-state index contributed by atoms with van der Waals surface area (Å²) in [6.07, 6.45) is 2.61. The van der Waals surface area contributed by atoms with E-state index in [0.717, 1.165) is 17.8 Å². The number of aliphatic imine (C=N–C) groups is 1. The Morgan fingerprint density at radius 1 is 1.16 bits per heavy atom. The molecule has 0 saturated carbocycles. The van der Waals surface area contributed by atoms with Crippen molar-refractivity contribution in [2.24, 2.45) is 10.7 Å². The highest BCUT2D eigenvalue weighted by atomic mass is 32.2. The van der Waals surface area contributed by atoms with E-state index in [-0.39, 0.29) is 35.3 Å². The molecule has 0 spiro atoms. The third-order valence-electron chi connectivity index (χ3n) is 6.02. The zero-order valence-corrected chi connectivity index (χ0v) is 20.9. The van der Waals surface area contributed by atoms with Crippen LogP contribution >= 0.6 is 11.8 Å². The number of nitrogens with one attached hydrogen (secondary N) is 1. The average Bonchev–Trinajstić information content (AvgIpc) is 3.38. The molecule has 0 unspecified atom stereocenters. The maximum Gasteiger partial charge on any atom is 0.253 e. The van der Waals surface area contributed by atoms with Gasteiger partial charge in [0, 0.05) is 23.4 Å². The zero-order valence-electron chi connectivity index (χ0n) is 20.1. The van der Waals surface area contributed by atoms with Gasteiger partial charge in [0.1, 0.15) is 23.9 Å². The lowest BCUT2D eigenvalue weighted by atomic mass is 9.82. The summed E-state index contributed by atoms with van der Waals surface area (Å²) >= 11 is 0.718. The first-order valence-corrected chi connectivity index (χ1v) is 12.1. The van der Waals surface area contributed by atoms with Crippen LogP contribution in [0, 0.1) is 11.6 Å². The molecule has 0 fully saturated rings. The molecule has 14 heteroatoms. The Morgan fingerprint density at radius 2 is 1.97 bits per heavy atom. The first-order valence-electron chi connectivity index (χ1n) is 11.3. The molecule has 3 aromatic heterocycles. The summed E-state index contributed by atoms with van der Waals surface area (Å²) in [6.45, 7) is 2.85. The number of nitrogens with zero attached hydrogens (tertiary/aromatic N) is 5. The summed E-state index contributed by atoms with van der Waals surface area (Å²) in [5, 5.41) is 2.79. The molecular weight excluding hydrogens is 526 g/mol. The third-order valence-corrected chi connectivity index (χ3v) is 7.11. The summed E-state index contributed by atoms with van der Waals surface area (Å²) in [5.41, 5.74) is 4.93. The monoisotopic (exact) mass is 547 g/mol. The van der Waals surface area contributed by atoms with Crippen LogP contribution in [0.15, 0.2) is 52.6 Å². The van der Waals surface area contributed by atoms with Gasteiger partial charge >= 0.3 is 0 Å². The fraction of sp³-hybridized carbons (Fsp3) is 0.292. The molecule has 0 saturated heterocycles. The highest BCUT2D eigenvalue weighted by molar-refractivity contribution is 8.15. The van der Waals surface area contributed by atoms with Gasteiger partial charge in [0.15, 0.2) is 29.2 Å². The third kappa shape index (κ3) is 4.95. The predicted molar refractivity (Wildman–Crippen MR) is 133 cm³/mol. The maximum absolute atomic E-state index is 15.0. The number of fused-ring (bicyclic) bond motifs is 1. The summed E-state index contributed by atoms with van der Waals surface area (Å²) in [5.74, 6) is -1.40. The number of hydrogen-bond acceptors (Lipinski definition) is 10. The number of nitrogens with two attached hydrogens (primary N) is 1. The normalized spacial score (nSPS) is 21.5. The highest BCUT2D eigenvalue weighted by Gasteiger charge is 2.48. The number of pyridine rings is 1. The lowest BCUT2D eigenvalue weighted by Gasteiger charge is -2.40. The van der Waals surface area contributed by atoms with Crippen molar-refractivity contribution in [2.75, 3.05) is 5.32 Å². The molecule has 0 bridgehead atoms. The Hall–Kier alpha value is -3.94. The van der Waals surface area contributed by atoms with Crippen molar-refractivity contribution in [3.63, 3.8) is 0 Å². The van der Waals surface area contributed by atoms with Gasteiger partial charge < -0.3 is 20.2 Å². The molecule has 5 rings (SSSR count). The number of thioether (sulfide) groups is 1. The van der Waals surface area contributed by atoms with E-state index in [0.29, 0.717) is 22.7 Å². The number of amidine groups is 1. The van der Waals surface area contributed by atoms with Crippen LogP contribution in [-0.2, 0) is 12.1 Å². The fourth-order valence-corrected chi connectivity index (χ4v) is 5.46. The number of rotatable bonds is 7. The Balaban J connectivity index is 1.46. The predicted octanol–water partition coefficient (Wildman–Crippen LogP) is 5.30. The molecule has 38 heavy (non-hydrogen) atoms. The van der Waals surface area contributed by atoms with Gasteiger partial charge in [0.2, 0.25) is 5.89 Å². The first kappa shape index (κ1) is 25.7. The van der Waals surface area contributed by atoms with Crippen LogP contribution in [0.4, 0.5) is 29.1 Å². The molecule has 1 aromatic carbocycles. The number of benzene rings is 1. The van der Waals surface area contributed by atoms with Gasteiger partial charge in [-0.05, 0) is 26.3 Å². The number of anilines is 2. The molecule has 1 aliphatic rings. The fourth-order valence-electron chi connectivity index (χ4n) is 4.30. The highest BCUT2D eigenvalue weighted by Crippen LogP contribution is 2.49. The SMILES string of the molecule is C[C@]1(C(F)F)C[C@@](C)(c2cc(Nc3ncnc4cc(OCc5ncco5)cnc34)cc(F)c2F)N=C(N)S1. The molecule has 4 aromatic rings. The Bertz CT molecular complexity index is 1520. The molecular formula is C24H21F4N7O2S. The van der Waals surface area contributed by atoms with E-state index >= 15 is 4.39 Å². The first-order chi connectivity index (χ1) is 18.1. The minimum atomic E-state index is -2.77. The summed E-state index contributed by atoms with van der Waals surface area (Å²) < 4.78 is 66.6. The number of hydrogen-bond donors (Lipinski definition) is 2. The molecule has 4 heterocycles. The van der Waals surface area contributed by atoms with Gasteiger partial charge in [0.25, 0.3) is 6.43 Å². The van der Waals surface area contributed by atoms with Crippen LogP contribution < -0.4 is 15.8 Å². The van der Waals surface area contributed by atoms with Crippen molar-refractivity contribution in [2.45, 2.75) is 43.6 Å². The Kier molecular flexibility index (Phi) is 6.59. The lowest BCUT2D eigenvalue weighted by molar-refractivity contribution is 0.0892. The van der Waals surface area contributed by atoms with Gasteiger partial charge in [-0.25, -0.2) is 37.5 Å². The standard InChI is InChI=1S/C24H21F4N7O2S/c1-23(10-24(2,21(27)28)38-22(29)35-23)14-5-12(6-15(25)18(14)26)34-20-19-16(32-11-33-20)7-13(8-31-19)37-9-17-30-3-4-36-17/h3-8,11,21H,9-10H2,1-2H3,(H2,29,35)(H,32,33,34)/t23-,24+/m0/s1. The molecule has 0 radical (unpaired) electrons. The quantitative estimate of drug-likeness (QED) is 0.296. The van der Waals surface area contributed by atoms with Crippen molar-refractivity contribution >= 4 is 39.5 Å². The van der Waals surface area contributed by atoms with E-state index in [9.17, 15) is 13.2 Å². The minimum absolute atomic E-state index is 0.0862. The van der Waals surface area contributed by atoms with E-state index in [4.69, 9.17) is 14.9 Å². The van der Waals surface area contributed by atoms with Gasteiger partial charge in [0.05, 0.1) is 28.2 Å². The average molecular weight is 548 g/mol. The number of halogens is 4. The second-order valence-electron chi connectivity index (χ2n) is 9.04. The van der Waals surface area contributed by atoms with E-state index < -0.39 is 28.3 Å². The van der Waals surface area contributed by atoms with Crippen molar-refractivity contribution in [3.8, 4) is 5.75 Å². The lowest BCUT2D eigenvalue weighted by Crippen LogP contribution is -2.44.